The van der Waals surface area contributed by atoms with Gasteiger partial charge in [0, 0.05) is 38.3 Å². The smallest absolute Gasteiger partial charge is 0.330 e. The van der Waals surface area contributed by atoms with Crippen molar-refractivity contribution in [3.63, 3.8) is 0 Å². The molecule has 8 heteroatoms. The minimum absolute atomic E-state index is 0.0217. The zero-order valence-electron chi connectivity index (χ0n) is 24.3. The van der Waals surface area contributed by atoms with Crippen LogP contribution >= 0.6 is 11.8 Å². The van der Waals surface area contributed by atoms with Crippen LogP contribution in [0.2, 0.25) is 0 Å². The summed E-state index contributed by atoms with van der Waals surface area (Å²) in [4.78, 5) is 27.9. The second-order valence-corrected chi connectivity index (χ2v) is 11.6. The van der Waals surface area contributed by atoms with Crippen LogP contribution in [0.3, 0.4) is 0 Å². The molecule has 4 rings (SSSR count). The molecule has 220 valence electrons. The molecule has 41 heavy (non-hydrogen) atoms. The summed E-state index contributed by atoms with van der Waals surface area (Å²) in [6.07, 6.45) is 6.81. The Kier molecular flexibility index (Phi) is 11.1. The van der Waals surface area contributed by atoms with Gasteiger partial charge in [-0.1, -0.05) is 65.9 Å². The van der Waals surface area contributed by atoms with Gasteiger partial charge >= 0.3 is 5.97 Å². The molecule has 0 aromatic heterocycles. The number of hydrogen-bond donors (Lipinski definition) is 0. The summed E-state index contributed by atoms with van der Waals surface area (Å²) in [6.45, 7) is 6.10. The van der Waals surface area contributed by atoms with Crippen molar-refractivity contribution in [1.82, 2.24) is 4.90 Å². The lowest BCUT2D eigenvalue weighted by Crippen LogP contribution is -2.60. The van der Waals surface area contributed by atoms with E-state index in [1.807, 2.05) is 60.4 Å². The summed E-state index contributed by atoms with van der Waals surface area (Å²) in [5, 5.41) is -0.0217. The molecule has 0 saturated carbocycles. The molecule has 2 aromatic carbocycles. The van der Waals surface area contributed by atoms with Crippen LogP contribution in [0.15, 0.2) is 78.9 Å². The second kappa shape index (κ2) is 14.7. The monoisotopic (exact) mass is 579 g/mol. The summed E-state index contributed by atoms with van der Waals surface area (Å²) in [7, 11) is 3.25. The third kappa shape index (κ3) is 8.24. The van der Waals surface area contributed by atoms with Gasteiger partial charge in [0.25, 0.3) is 5.24 Å². The van der Waals surface area contributed by atoms with Crippen molar-refractivity contribution in [3.8, 4) is 5.75 Å². The fraction of sp³-hybridized carbons (Fsp3) is 0.455. The van der Waals surface area contributed by atoms with E-state index in [-0.39, 0.29) is 23.4 Å². The molecule has 0 aliphatic carbocycles. The van der Waals surface area contributed by atoms with Gasteiger partial charge in [0.05, 0.1) is 19.3 Å². The van der Waals surface area contributed by atoms with E-state index < -0.39 is 11.9 Å². The number of hydrogen-bond acceptors (Lipinski definition) is 7. The van der Waals surface area contributed by atoms with Crippen molar-refractivity contribution < 1.29 is 28.5 Å². The zero-order chi connectivity index (χ0) is 29.2. The van der Waals surface area contributed by atoms with Crippen LogP contribution in [0.25, 0.3) is 0 Å². The van der Waals surface area contributed by atoms with Gasteiger partial charge in [-0.3, -0.25) is 4.79 Å². The summed E-state index contributed by atoms with van der Waals surface area (Å²) in [5.74, 6) is -0.193. The Labute approximate surface area is 247 Å². The summed E-state index contributed by atoms with van der Waals surface area (Å²) < 4.78 is 24.2. The van der Waals surface area contributed by atoms with E-state index in [9.17, 15) is 9.59 Å². The third-order valence-corrected chi connectivity index (χ3v) is 8.70. The molecule has 4 atom stereocenters. The predicted octanol–water partition coefficient (Wildman–Crippen LogP) is 6.71. The largest absolute Gasteiger partial charge is 0.497 e. The Morgan fingerprint density at radius 3 is 2.59 bits per heavy atom. The van der Waals surface area contributed by atoms with Crippen molar-refractivity contribution in [1.29, 1.82) is 0 Å². The highest BCUT2D eigenvalue weighted by Crippen LogP contribution is 2.42. The van der Waals surface area contributed by atoms with Crippen molar-refractivity contribution in [2.24, 2.45) is 0 Å². The van der Waals surface area contributed by atoms with Crippen LogP contribution in [0.1, 0.15) is 50.2 Å². The van der Waals surface area contributed by atoms with Crippen LogP contribution in [0.5, 0.6) is 5.75 Å². The molecule has 2 fully saturated rings. The number of nitrogens with zero attached hydrogens (tertiary/aromatic N) is 1. The van der Waals surface area contributed by atoms with E-state index in [2.05, 4.69) is 18.7 Å². The Hall–Kier alpha value is -3.07. The Balaban J connectivity index is 1.56. The second-order valence-electron chi connectivity index (χ2n) is 10.7. The number of thioether (sulfide) groups is 1. The SMILES string of the molecule is C=CCC/C(C)=C\C(=O)O[C@@H]1C[C@@H](CCc2ccccc2)O[C@@](OC)([C@@H]2CSC(=O)N2Cc2ccc(OC)cc2)C1. The van der Waals surface area contributed by atoms with Crippen molar-refractivity contribution in [2.75, 3.05) is 20.0 Å². The fourth-order valence-corrected chi connectivity index (χ4v) is 6.60. The van der Waals surface area contributed by atoms with Gasteiger partial charge in [0.15, 0.2) is 5.79 Å². The lowest BCUT2D eigenvalue weighted by molar-refractivity contribution is -0.305. The number of benzene rings is 2. The van der Waals surface area contributed by atoms with E-state index in [0.29, 0.717) is 25.1 Å². The highest BCUT2D eigenvalue weighted by Gasteiger charge is 2.54. The number of aryl methyl sites for hydroxylation is 1. The molecule has 0 N–H and O–H groups in total. The van der Waals surface area contributed by atoms with E-state index in [1.54, 1.807) is 20.3 Å². The van der Waals surface area contributed by atoms with E-state index in [4.69, 9.17) is 18.9 Å². The molecule has 0 bridgehead atoms. The van der Waals surface area contributed by atoms with Crippen LogP contribution in [0.4, 0.5) is 4.79 Å². The van der Waals surface area contributed by atoms with Crippen LogP contribution < -0.4 is 4.74 Å². The quantitative estimate of drug-likeness (QED) is 0.148. The minimum Gasteiger partial charge on any atom is -0.497 e. The van der Waals surface area contributed by atoms with Crippen LogP contribution in [-0.2, 0) is 32.0 Å². The number of methoxy groups -OCH3 is 2. The highest BCUT2D eigenvalue weighted by atomic mass is 32.2. The summed E-state index contributed by atoms with van der Waals surface area (Å²) in [5.41, 5.74) is 3.15. The number of rotatable bonds is 13. The fourth-order valence-electron chi connectivity index (χ4n) is 5.51. The first kappa shape index (κ1) is 30.9. The number of esters is 1. The molecule has 0 radical (unpaired) electrons. The Morgan fingerprint density at radius 1 is 1.15 bits per heavy atom. The highest BCUT2D eigenvalue weighted by molar-refractivity contribution is 8.13. The first-order valence-corrected chi connectivity index (χ1v) is 15.2. The van der Waals surface area contributed by atoms with Gasteiger partial charge < -0.3 is 23.8 Å². The van der Waals surface area contributed by atoms with E-state index >= 15 is 0 Å². The van der Waals surface area contributed by atoms with E-state index in [0.717, 1.165) is 42.6 Å². The summed E-state index contributed by atoms with van der Waals surface area (Å²) in [6, 6.07) is 17.6. The number of ether oxygens (including phenoxy) is 4. The van der Waals surface area contributed by atoms with Crippen molar-refractivity contribution in [3.05, 3.63) is 90.0 Å². The minimum atomic E-state index is -1.11. The number of carbonyl (C=O) groups excluding carboxylic acids is 2. The van der Waals surface area contributed by atoms with Gasteiger partial charge in [-0.2, -0.15) is 0 Å². The average Bonchev–Trinajstić information content (AvgIpc) is 3.35. The van der Waals surface area contributed by atoms with Gasteiger partial charge in [-0.15, -0.1) is 6.58 Å². The standard InChI is InChI=1S/C33H41NO6S/c1-5-6-10-24(2)19-31(35)39-29-20-28(18-13-25-11-8-7-9-12-25)40-33(21-29,38-4)30-23-41-32(36)34(30)22-26-14-16-27(37-3)17-15-26/h5,7-9,11-12,14-17,19,28-30H,1,6,10,13,18,20-23H2,2-4H3/b24-19-/t28-,29-,30+,33-/m1/s1. The first-order chi connectivity index (χ1) is 19.9. The molecule has 2 aliphatic rings. The number of allylic oxidation sites excluding steroid dienone is 2. The molecule has 0 unspecified atom stereocenters. The third-order valence-electron chi connectivity index (χ3n) is 7.73. The maximum atomic E-state index is 13.1. The molecule has 0 spiro atoms. The van der Waals surface area contributed by atoms with Gasteiger partial charge in [0.1, 0.15) is 11.9 Å². The average molecular weight is 580 g/mol. The van der Waals surface area contributed by atoms with Gasteiger partial charge in [-0.25, -0.2) is 4.79 Å². The van der Waals surface area contributed by atoms with Gasteiger partial charge in [0.2, 0.25) is 0 Å². The van der Waals surface area contributed by atoms with Crippen molar-refractivity contribution >= 4 is 23.0 Å². The lowest BCUT2D eigenvalue weighted by atomic mass is 9.90. The molecule has 2 heterocycles. The van der Waals surface area contributed by atoms with Crippen molar-refractivity contribution in [2.45, 2.75) is 76.0 Å². The van der Waals surface area contributed by atoms with Crippen LogP contribution in [-0.4, -0.2) is 60.1 Å². The maximum Gasteiger partial charge on any atom is 0.330 e. The summed E-state index contributed by atoms with van der Waals surface area (Å²) >= 11 is 1.27. The molecule has 7 nitrogen and oxygen atoms in total. The maximum absolute atomic E-state index is 13.1. The molecular formula is C33H41NO6S. The number of carbonyl (C=O) groups is 2. The Morgan fingerprint density at radius 2 is 1.90 bits per heavy atom. The predicted molar refractivity (Wildman–Crippen MR) is 162 cm³/mol. The Bertz CT molecular complexity index is 1200. The van der Waals surface area contributed by atoms with Gasteiger partial charge in [-0.05, 0) is 55.9 Å². The number of amides is 1. The van der Waals surface area contributed by atoms with Crippen LogP contribution in [0, 0.1) is 0 Å². The lowest BCUT2D eigenvalue weighted by Gasteiger charge is -2.48. The zero-order valence-corrected chi connectivity index (χ0v) is 25.1. The van der Waals surface area contributed by atoms with E-state index in [1.165, 1.54) is 17.3 Å². The molecule has 2 aliphatic heterocycles. The normalized spacial score (nSPS) is 24.8. The first-order valence-electron chi connectivity index (χ1n) is 14.2. The molecule has 2 saturated heterocycles. The topological polar surface area (TPSA) is 74.3 Å². The molecule has 2 aromatic rings. The molecule has 1 amide bonds. The molecular weight excluding hydrogens is 538 g/mol.